The summed E-state index contributed by atoms with van der Waals surface area (Å²) in [6, 6.07) is 23.0. The lowest BCUT2D eigenvalue weighted by atomic mass is 10.1. The Morgan fingerprint density at radius 1 is 0.889 bits per heavy atom. The van der Waals surface area contributed by atoms with E-state index in [1.54, 1.807) is 0 Å². The number of para-hydroxylation sites is 1. The maximum atomic E-state index is 6.33. The molecule has 27 heavy (non-hydrogen) atoms. The molecule has 0 amide bonds. The molecule has 3 aromatic carbocycles. The van der Waals surface area contributed by atoms with Crippen molar-refractivity contribution in [3.05, 3.63) is 93.8 Å². The lowest BCUT2D eigenvalue weighted by Crippen LogP contribution is -2.07. The summed E-state index contributed by atoms with van der Waals surface area (Å²) in [6.07, 6.45) is 0. The molecular formula is C22H16Cl2N2O. The van der Waals surface area contributed by atoms with Crippen molar-refractivity contribution in [2.75, 3.05) is 5.43 Å². The summed E-state index contributed by atoms with van der Waals surface area (Å²) in [7, 11) is 0. The summed E-state index contributed by atoms with van der Waals surface area (Å²) in [5, 5.41) is 7.52. The van der Waals surface area contributed by atoms with Crippen LogP contribution in [-0.4, -0.2) is 0 Å². The van der Waals surface area contributed by atoms with Gasteiger partial charge in [0, 0.05) is 27.1 Å². The average molecular weight is 395 g/mol. The largest absolute Gasteiger partial charge is 0.456 e. The van der Waals surface area contributed by atoms with E-state index in [1.165, 1.54) is 0 Å². The molecule has 0 aliphatic carbocycles. The molecule has 0 radical (unpaired) electrons. The fourth-order valence-corrected chi connectivity index (χ4v) is 3.07. The molecule has 0 spiro atoms. The van der Waals surface area contributed by atoms with Crippen LogP contribution in [0.25, 0.3) is 22.3 Å². The second kappa shape index (κ2) is 7.47. The Bertz CT molecular complexity index is 1170. The summed E-state index contributed by atoms with van der Waals surface area (Å²) in [5.74, 6) is 0.703. The third-order valence-electron chi connectivity index (χ3n) is 4.23. The highest BCUT2D eigenvalue weighted by Gasteiger charge is 2.09. The van der Waals surface area contributed by atoms with Gasteiger partial charge in [-0.25, -0.2) is 0 Å². The van der Waals surface area contributed by atoms with Gasteiger partial charge in [0.2, 0.25) is 0 Å². The predicted octanol–water partition coefficient (Wildman–Crippen LogP) is 6.64. The van der Waals surface area contributed by atoms with Crippen molar-refractivity contribution in [3.8, 4) is 11.3 Å². The van der Waals surface area contributed by atoms with Gasteiger partial charge in [-0.15, -0.1) is 0 Å². The minimum absolute atomic E-state index is 0.674. The summed E-state index contributed by atoms with van der Waals surface area (Å²) in [6.45, 7) is 1.95. The molecule has 4 aromatic rings. The van der Waals surface area contributed by atoms with Crippen molar-refractivity contribution in [1.29, 1.82) is 0 Å². The molecule has 0 aliphatic rings. The number of anilines is 1. The van der Waals surface area contributed by atoms with E-state index in [-0.39, 0.29) is 0 Å². The third-order valence-corrected chi connectivity index (χ3v) is 4.89. The van der Waals surface area contributed by atoms with Gasteiger partial charge in [0.25, 0.3) is 0 Å². The fraction of sp³-hybridized carbons (Fsp3) is 0.0455. The topological polar surface area (TPSA) is 37.5 Å². The van der Waals surface area contributed by atoms with Crippen LogP contribution >= 0.6 is 23.2 Å². The van der Waals surface area contributed by atoms with Gasteiger partial charge in [-0.2, -0.15) is 5.10 Å². The molecule has 1 heterocycles. The highest BCUT2D eigenvalue weighted by atomic mass is 35.5. The van der Waals surface area contributed by atoms with Crippen molar-refractivity contribution in [3.63, 3.8) is 0 Å². The van der Waals surface area contributed by atoms with Crippen molar-refractivity contribution in [2.24, 2.45) is 5.10 Å². The zero-order valence-corrected chi connectivity index (χ0v) is 16.1. The molecule has 0 atom stereocenters. The molecule has 1 aromatic heterocycles. The minimum atomic E-state index is 0.674. The lowest BCUT2D eigenvalue weighted by Gasteiger charge is -2.08. The molecule has 3 nitrogen and oxygen atoms in total. The predicted molar refractivity (Wildman–Crippen MR) is 112 cm³/mol. The number of hydrogen-bond acceptors (Lipinski definition) is 3. The van der Waals surface area contributed by atoms with Crippen LogP contribution in [0.3, 0.4) is 0 Å². The molecule has 1 N–H and O–H groups in total. The smallest absolute Gasteiger partial charge is 0.137 e. The van der Waals surface area contributed by atoms with Gasteiger partial charge in [-0.3, -0.25) is 5.43 Å². The van der Waals surface area contributed by atoms with Crippen LogP contribution < -0.4 is 10.8 Å². The standard InChI is InChI=1S/C22H16Cl2N2O/c1-14-11-22-18(12-19(14)24)20(26-25-17-5-3-2-4-6-17)13-21(27-22)15-7-9-16(23)10-8-15/h2-13,25H,1H3/b26-20+. The van der Waals surface area contributed by atoms with Gasteiger partial charge >= 0.3 is 0 Å². The van der Waals surface area contributed by atoms with Gasteiger partial charge in [0.1, 0.15) is 11.3 Å². The Hall–Kier alpha value is -2.75. The van der Waals surface area contributed by atoms with E-state index in [9.17, 15) is 0 Å². The molecule has 134 valence electrons. The van der Waals surface area contributed by atoms with Crippen LogP contribution in [0, 0.1) is 6.92 Å². The number of aryl methyl sites for hydroxylation is 1. The molecule has 0 saturated heterocycles. The van der Waals surface area contributed by atoms with Crippen molar-refractivity contribution >= 4 is 39.9 Å². The Labute approximate surface area is 166 Å². The van der Waals surface area contributed by atoms with E-state index in [1.807, 2.05) is 79.7 Å². The zero-order valence-electron chi connectivity index (χ0n) is 14.5. The number of fused-ring (bicyclic) bond motifs is 1. The molecule has 0 saturated carbocycles. The molecule has 5 heteroatoms. The number of rotatable bonds is 3. The molecule has 0 bridgehead atoms. The average Bonchev–Trinajstić information content (AvgIpc) is 2.68. The Kier molecular flexibility index (Phi) is 4.88. The van der Waals surface area contributed by atoms with E-state index in [2.05, 4.69) is 10.5 Å². The van der Waals surface area contributed by atoms with Crippen molar-refractivity contribution < 1.29 is 4.42 Å². The second-order valence-electron chi connectivity index (χ2n) is 6.19. The Balaban J connectivity index is 1.91. The first-order valence-corrected chi connectivity index (χ1v) is 9.20. The van der Waals surface area contributed by atoms with E-state index >= 15 is 0 Å². The summed E-state index contributed by atoms with van der Waals surface area (Å²) in [4.78, 5) is 0. The monoisotopic (exact) mass is 394 g/mol. The highest BCUT2D eigenvalue weighted by Crippen LogP contribution is 2.27. The SMILES string of the molecule is Cc1cc2oc(-c3ccc(Cl)cc3)c/c(=N\Nc3ccccc3)c2cc1Cl. The van der Waals surface area contributed by atoms with Crippen LogP contribution in [0.2, 0.25) is 10.0 Å². The number of hydrogen-bond donors (Lipinski definition) is 1. The van der Waals surface area contributed by atoms with E-state index in [0.29, 0.717) is 15.8 Å². The van der Waals surface area contributed by atoms with Gasteiger partial charge in [0.15, 0.2) is 0 Å². The van der Waals surface area contributed by atoms with E-state index < -0.39 is 0 Å². The molecule has 0 unspecified atom stereocenters. The first-order chi connectivity index (χ1) is 13.1. The number of nitrogens with zero attached hydrogens (tertiary/aromatic N) is 1. The van der Waals surface area contributed by atoms with Gasteiger partial charge < -0.3 is 4.42 Å². The fourth-order valence-electron chi connectivity index (χ4n) is 2.78. The number of halogens is 2. The molecule has 0 aliphatic heterocycles. The van der Waals surface area contributed by atoms with Gasteiger partial charge in [-0.05, 0) is 61.0 Å². The van der Waals surface area contributed by atoms with Crippen LogP contribution in [0.4, 0.5) is 5.69 Å². The van der Waals surface area contributed by atoms with Crippen LogP contribution in [0.15, 0.2) is 82.3 Å². The summed E-state index contributed by atoms with van der Waals surface area (Å²) < 4.78 is 6.13. The van der Waals surface area contributed by atoms with Crippen molar-refractivity contribution in [1.82, 2.24) is 0 Å². The first kappa shape index (κ1) is 17.7. The molecular weight excluding hydrogens is 379 g/mol. The van der Waals surface area contributed by atoms with E-state index in [0.717, 1.165) is 33.1 Å². The minimum Gasteiger partial charge on any atom is -0.456 e. The Morgan fingerprint density at radius 2 is 1.63 bits per heavy atom. The normalized spacial score (nSPS) is 11.7. The maximum absolute atomic E-state index is 6.33. The summed E-state index contributed by atoms with van der Waals surface area (Å²) in [5.41, 5.74) is 6.58. The first-order valence-electron chi connectivity index (χ1n) is 8.45. The van der Waals surface area contributed by atoms with E-state index in [4.69, 9.17) is 27.6 Å². The third kappa shape index (κ3) is 3.85. The number of nitrogens with one attached hydrogen (secondary N) is 1. The highest BCUT2D eigenvalue weighted by molar-refractivity contribution is 6.32. The zero-order chi connectivity index (χ0) is 18.8. The van der Waals surface area contributed by atoms with Crippen LogP contribution in [0.5, 0.6) is 0 Å². The van der Waals surface area contributed by atoms with Crippen LogP contribution in [0.1, 0.15) is 5.56 Å². The quantitative estimate of drug-likeness (QED) is 0.395. The molecule has 4 rings (SSSR count). The number of benzene rings is 3. The van der Waals surface area contributed by atoms with Gasteiger partial charge in [-0.1, -0.05) is 41.4 Å². The Morgan fingerprint density at radius 3 is 2.37 bits per heavy atom. The van der Waals surface area contributed by atoms with Crippen molar-refractivity contribution in [2.45, 2.75) is 6.92 Å². The molecule has 0 fully saturated rings. The lowest BCUT2D eigenvalue weighted by molar-refractivity contribution is 0.618. The summed E-state index contributed by atoms with van der Waals surface area (Å²) >= 11 is 12.3. The maximum Gasteiger partial charge on any atom is 0.137 e. The van der Waals surface area contributed by atoms with Gasteiger partial charge in [0.05, 0.1) is 11.0 Å². The second-order valence-corrected chi connectivity index (χ2v) is 7.03. The van der Waals surface area contributed by atoms with Crippen LogP contribution in [-0.2, 0) is 0 Å².